The lowest BCUT2D eigenvalue weighted by Gasteiger charge is -2.12. The average Bonchev–Trinajstić information content (AvgIpc) is 2.83. The van der Waals surface area contributed by atoms with Crippen molar-refractivity contribution in [1.82, 2.24) is 5.32 Å². The second-order valence-electron chi connectivity index (χ2n) is 4.59. The van der Waals surface area contributed by atoms with E-state index in [-0.39, 0.29) is 0 Å². The molecule has 1 aliphatic rings. The third-order valence-corrected chi connectivity index (χ3v) is 3.42. The van der Waals surface area contributed by atoms with Gasteiger partial charge in [0, 0.05) is 12.1 Å². The fourth-order valence-corrected chi connectivity index (χ4v) is 2.47. The van der Waals surface area contributed by atoms with Crippen LogP contribution < -0.4 is 10.1 Å². The van der Waals surface area contributed by atoms with Crippen LogP contribution in [-0.2, 0) is 6.54 Å². The Hall–Kier alpha value is -1.02. The first kappa shape index (κ1) is 11.5. The highest BCUT2D eigenvalue weighted by atomic mass is 16.5. The number of nitrogens with one attached hydrogen (secondary N) is 1. The minimum Gasteiger partial charge on any atom is -0.496 e. The molecule has 2 heteroatoms. The molecule has 0 atom stereocenters. The highest BCUT2D eigenvalue weighted by Gasteiger charge is 2.14. The van der Waals surface area contributed by atoms with Gasteiger partial charge < -0.3 is 10.1 Å². The molecule has 88 valence electrons. The van der Waals surface area contributed by atoms with Crippen LogP contribution in [0.2, 0.25) is 0 Å². The second kappa shape index (κ2) is 5.90. The van der Waals surface area contributed by atoms with E-state index in [9.17, 15) is 0 Å². The van der Waals surface area contributed by atoms with Gasteiger partial charge in [-0.1, -0.05) is 31.0 Å². The summed E-state index contributed by atoms with van der Waals surface area (Å²) in [6.07, 6.45) is 5.64. The zero-order chi connectivity index (χ0) is 11.2. The highest BCUT2D eigenvalue weighted by Crippen LogP contribution is 2.24. The summed E-state index contributed by atoms with van der Waals surface area (Å²) in [5, 5.41) is 3.54. The van der Waals surface area contributed by atoms with Crippen molar-refractivity contribution >= 4 is 0 Å². The molecule has 1 aliphatic carbocycles. The smallest absolute Gasteiger partial charge is 0.123 e. The zero-order valence-corrected chi connectivity index (χ0v) is 10.0. The van der Waals surface area contributed by atoms with E-state index in [0.29, 0.717) is 0 Å². The fourth-order valence-electron chi connectivity index (χ4n) is 2.47. The topological polar surface area (TPSA) is 21.3 Å². The molecule has 16 heavy (non-hydrogen) atoms. The molecule has 1 saturated carbocycles. The van der Waals surface area contributed by atoms with Crippen LogP contribution in [-0.4, -0.2) is 13.7 Å². The number of rotatable bonds is 5. The van der Waals surface area contributed by atoms with Crippen molar-refractivity contribution in [2.45, 2.75) is 32.2 Å². The molecule has 1 N–H and O–H groups in total. The maximum atomic E-state index is 5.33. The maximum absolute atomic E-state index is 5.33. The van der Waals surface area contributed by atoms with Gasteiger partial charge in [-0.3, -0.25) is 0 Å². The van der Waals surface area contributed by atoms with E-state index in [0.717, 1.165) is 24.8 Å². The number of para-hydroxylation sites is 1. The van der Waals surface area contributed by atoms with Crippen molar-refractivity contribution in [2.24, 2.45) is 5.92 Å². The third-order valence-electron chi connectivity index (χ3n) is 3.42. The van der Waals surface area contributed by atoms with E-state index in [4.69, 9.17) is 4.74 Å². The monoisotopic (exact) mass is 219 g/mol. The molecule has 0 saturated heterocycles. The summed E-state index contributed by atoms with van der Waals surface area (Å²) < 4.78 is 5.33. The molecule has 1 aromatic carbocycles. The summed E-state index contributed by atoms with van der Waals surface area (Å²) in [4.78, 5) is 0. The van der Waals surface area contributed by atoms with Crippen LogP contribution in [0.4, 0.5) is 0 Å². The van der Waals surface area contributed by atoms with Crippen molar-refractivity contribution < 1.29 is 4.74 Å². The van der Waals surface area contributed by atoms with E-state index < -0.39 is 0 Å². The lowest BCUT2D eigenvalue weighted by Crippen LogP contribution is -2.20. The Morgan fingerprint density at radius 3 is 2.75 bits per heavy atom. The summed E-state index contributed by atoms with van der Waals surface area (Å²) in [6, 6.07) is 8.22. The third kappa shape index (κ3) is 2.99. The van der Waals surface area contributed by atoms with Gasteiger partial charge in [0.1, 0.15) is 5.75 Å². The van der Waals surface area contributed by atoms with Crippen LogP contribution in [0.25, 0.3) is 0 Å². The van der Waals surface area contributed by atoms with Gasteiger partial charge in [0.15, 0.2) is 0 Å². The van der Waals surface area contributed by atoms with Gasteiger partial charge in [-0.2, -0.15) is 0 Å². The van der Waals surface area contributed by atoms with E-state index in [1.807, 2.05) is 12.1 Å². The average molecular weight is 219 g/mol. The summed E-state index contributed by atoms with van der Waals surface area (Å²) in [5.74, 6) is 1.89. The van der Waals surface area contributed by atoms with E-state index in [1.165, 1.54) is 31.2 Å². The first-order valence-electron chi connectivity index (χ1n) is 6.23. The molecule has 0 aliphatic heterocycles. The summed E-state index contributed by atoms with van der Waals surface area (Å²) in [5.41, 5.74) is 1.25. The molecular weight excluding hydrogens is 198 g/mol. The van der Waals surface area contributed by atoms with Gasteiger partial charge in [0.2, 0.25) is 0 Å². The van der Waals surface area contributed by atoms with Gasteiger partial charge in [-0.15, -0.1) is 0 Å². The number of ether oxygens (including phenoxy) is 1. The highest BCUT2D eigenvalue weighted by molar-refractivity contribution is 5.32. The summed E-state index contributed by atoms with van der Waals surface area (Å²) in [7, 11) is 1.73. The van der Waals surface area contributed by atoms with Crippen LogP contribution in [0.3, 0.4) is 0 Å². The van der Waals surface area contributed by atoms with Crippen LogP contribution in [0.5, 0.6) is 5.75 Å². The van der Waals surface area contributed by atoms with E-state index >= 15 is 0 Å². The standard InChI is InChI=1S/C14H21NO/c1-16-14-9-5-4-8-13(14)11-15-10-12-6-2-3-7-12/h4-5,8-9,12,15H,2-3,6-7,10-11H2,1H3. The Morgan fingerprint density at radius 2 is 2.00 bits per heavy atom. The van der Waals surface area contributed by atoms with Crippen molar-refractivity contribution in [3.63, 3.8) is 0 Å². The Morgan fingerprint density at radius 1 is 1.25 bits per heavy atom. The SMILES string of the molecule is COc1ccccc1CNCC1CCCC1. The Labute approximate surface area is 98.0 Å². The molecule has 0 bridgehead atoms. The predicted molar refractivity (Wildman–Crippen MR) is 66.7 cm³/mol. The minimum atomic E-state index is 0.898. The normalized spacial score (nSPS) is 16.6. The lowest BCUT2D eigenvalue weighted by atomic mass is 10.1. The van der Waals surface area contributed by atoms with Gasteiger partial charge in [0.25, 0.3) is 0 Å². The number of benzene rings is 1. The van der Waals surface area contributed by atoms with Crippen LogP contribution in [0.1, 0.15) is 31.2 Å². The Balaban J connectivity index is 1.79. The van der Waals surface area contributed by atoms with E-state index in [1.54, 1.807) is 7.11 Å². The fraction of sp³-hybridized carbons (Fsp3) is 0.571. The predicted octanol–water partition coefficient (Wildman–Crippen LogP) is 2.98. The molecule has 0 amide bonds. The number of hydrogen-bond donors (Lipinski definition) is 1. The summed E-state index contributed by atoms with van der Waals surface area (Å²) in [6.45, 7) is 2.07. The molecule has 0 radical (unpaired) electrons. The first-order valence-corrected chi connectivity index (χ1v) is 6.23. The van der Waals surface area contributed by atoms with Crippen LogP contribution in [0.15, 0.2) is 24.3 Å². The van der Waals surface area contributed by atoms with Gasteiger partial charge in [0.05, 0.1) is 7.11 Å². The van der Waals surface area contributed by atoms with Crippen molar-refractivity contribution in [3.05, 3.63) is 29.8 Å². The quantitative estimate of drug-likeness (QED) is 0.822. The largest absolute Gasteiger partial charge is 0.496 e. The zero-order valence-electron chi connectivity index (χ0n) is 10.0. The molecular formula is C14H21NO. The molecule has 0 spiro atoms. The van der Waals surface area contributed by atoms with Gasteiger partial charge in [-0.05, 0) is 31.4 Å². The number of methoxy groups -OCH3 is 1. The van der Waals surface area contributed by atoms with Gasteiger partial charge in [-0.25, -0.2) is 0 Å². The van der Waals surface area contributed by atoms with Gasteiger partial charge >= 0.3 is 0 Å². The Kier molecular flexibility index (Phi) is 4.23. The molecule has 0 unspecified atom stereocenters. The molecule has 0 aromatic heterocycles. The Bertz CT molecular complexity index is 318. The first-order chi connectivity index (χ1) is 7.90. The van der Waals surface area contributed by atoms with Crippen molar-refractivity contribution in [3.8, 4) is 5.75 Å². The molecule has 2 nitrogen and oxygen atoms in total. The van der Waals surface area contributed by atoms with Crippen LogP contribution >= 0.6 is 0 Å². The maximum Gasteiger partial charge on any atom is 0.123 e. The number of hydrogen-bond acceptors (Lipinski definition) is 2. The van der Waals surface area contributed by atoms with Crippen molar-refractivity contribution in [1.29, 1.82) is 0 Å². The van der Waals surface area contributed by atoms with Crippen LogP contribution in [0, 0.1) is 5.92 Å². The molecule has 2 rings (SSSR count). The molecule has 1 fully saturated rings. The lowest BCUT2D eigenvalue weighted by molar-refractivity contribution is 0.405. The summed E-state index contributed by atoms with van der Waals surface area (Å²) >= 11 is 0. The minimum absolute atomic E-state index is 0.898. The molecule has 0 heterocycles. The second-order valence-corrected chi connectivity index (χ2v) is 4.59. The van der Waals surface area contributed by atoms with E-state index in [2.05, 4.69) is 17.4 Å². The van der Waals surface area contributed by atoms with Crippen molar-refractivity contribution in [2.75, 3.05) is 13.7 Å². The molecule has 1 aromatic rings.